The molecule has 0 bridgehead atoms. The van der Waals surface area contributed by atoms with E-state index in [0.29, 0.717) is 11.5 Å². The molecule has 0 atom stereocenters. The molecule has 0 unspecified atom stereocenters. The van der Waals surface area contributed by atoms with Crippen molar-refractivity contribution in [1.82, 2.24) is 14.1 Å². The molecule has 3 aromatic heterocycles. The van der Waals surface area contributed by atoms with E-state index in [1.807, 2.05) is 64.1 Å². The molecule has 0 saturated heterocycles. The third-order valence-electron chi connectivity index (χ3n) is 9.64. The van der Waals surface area contributed by atoms with Crippen molar-refractivity contribution in [2.45, 2.75) is 26.2 Å². The van der Waals surface area contributed by atoms with Crippen LogP contribution in [0.1, 0.15) is 26.3 Å². The van der Waals surface area contributed by atoms with Crippen LogP contribution in [-0.2, 0) is 26.5 Å². The standard InChI is InChI=1S/C48H36N4O.Pt/c1-48(2,3)37-24-25-49-47(30-37)52-45-21-13-11-19-42(45)43-23-22-39(32-46(43)52)53-40-29-36(34-14-6-4-7-15-34)28-38(31-40)50-26-27-51(33-50)44-20-12-10-18-41(44)35-16-8-5-9-17-35;/h4-30H,1-3H3;/q-2;. The number of imidazole rings is 1. The summed E-state index contributed by atoms with van der Waals surface area (Å²) >= 11 is 0. The van der Waals surface area contributed by atoms with Gasteiger partial charge < -0.3 is 13.9 Å². The molecule has 0 fully saturated rings. The van der Waals surface area contributed by atoms with Crippen LogP contribution in [0.5, 0.6) is 11.5 Å². The number of benzene rings is 6. The van der Waals surface area contributed by atoms with Crippen LogP contribution in [0.25, 0.3) is 61.3 Å². The van der Waals surface area contributed by atoms with Crippen LogP contribution in [-0.4, -0.2) is 14.1 Å². The molecule has 6 heteroatoms. The Morgan fingerprint density at radius 1 is 0.648 bits per heavy atom. The van der Waals surface area contributed by atoms with Gasteiger partial charge in [0.05, 0.1) is 5.69 Å². The summed E-state index contributed by atoms with van der Waals surface area (Å²) in [7, 11) is 0. The van der Waals surface area contributed by atoms with Crippen molar-refractivity contribution < 1.29 is 30.4 Å². The average molecular weight is 880 g/mol. The molecule has 54 heavy (non-hydrogen) atoms. The molecule has 0 aliphatic heterocycles. The number of ether oxygens (including phenoxy) is 1. The number of rotatable bonds is 7. The van der Waals surface area contributed by atoms with Gasteiger partial charge in [0.2, 0.25) is 0 Å². The number of nitrogens with zero attached hydrogens (tertiary/aromatic N) is 4. The van der Waals surface area contributed by atoms with Crippen molar-refractivity contribution in [2.75, 3.05) is 0 Å². The van der Waals surface area contributed by atoms with E-state index in [1.54, 1.807) is 0 Å². The van der Waals surface area contributed by atoms with Crippen LogP contribution >= 0.6 is 0 Å². The minimum Gasteiger partial charge on any atom is -0.510 e. The molecule has 0 amide bonds. The first kappa shape index (κ1) is 35.0. The third kappa shape index (κ3) is 6.68. The molecule has 6 aromatic carbocycles. The largest absolute Gasteiger partial charge is 0.510 e. The molecule has 0 saturated carbocycles. The summed E-state index contributed by atoms with van der Waals surface area (Å²) in [6.45, 7) is 6.66. The molecule has 9 rings (SSSR count). The summed E-state index contributed by atoms with van der Waals surface area (Å²) in [5.74, 6) is 2.01. The average Bonchev–Trinajstić information content (AvgIpc) is 3.82. The van der Waals surface area contributed by atoms with E-state index in [0.717, 1.165) is 61.3 Å². The van der Waals surface area contributed by atoms with E-state index in [9.17, 15) is 0 Å². The van der Waals surface area contributed by atoms with Crippen LogP contribution in [0.2, 0.25) is 0 Å². The van der Waals surface area contributed by atoms with Crippen molar-refractivity contribution in [1.29, 1.82) is 0 Å². The van der Waals surface area contributed by atoms with E-state index in [1.165, 1.54) is 5.56 Å². The van der Waals surface area contributed by atoms with Crippen molar-refractivity contribution in [2.24, 2.45) is 0 Å². The first-order valence-corrected chi connectivity index (χ1v) is 17.8. The zero-order valence-electron chi connectivity index (χ0n) is 30.1. The van der Waals surface area contributed by atoms with Crippen LogP contribution in [0.15, 0.2) is 164 Å². The minimum atomic E-state index is -0.0204. The number of hydrogen-bond acceptors (Lipinski definition) is 2. The van der Waals surface area contributed by atoms with Crippen LogP contribution < -0.4 is 9.30 Å². The monoisotopic (exact) mass is 879 g/mol. The molecule has 0 aliphatic carbocycles. The molecule has 9 aromatic rings. The maximum Gasteiger partial charge on any atom is 0.267 e. The number of fused-ring (bicyclic) bond motifs is 3. The van der Waals surface area contributed by atoms with Gasteiger partial charge in [0.15, 0.2) is 0 Å². The summed E-state index contributed by atoms with van der Waals surface area (Å²) in [4.78, 5) is 4.83. The fourth-order valence-corrected chi connectivity index (χ4v) is 6.94. The summed E-state index contributed by atoms with van der Waals surface area (Å²) in [5, 5.41) is 2.22. The van der Waals surface area contributed by atoms with Crippen LogP contribution in [0.3, 0.4) is 0 Å². The van der Waals surface area contributed by atoms with Gasteiger partial charge in [-0.05, 0) is 63.0 Å². The number of aromatic nitrogens is 4. The second-order valence-electron chi connectivity index (χ2n) is 14.2. The predicted molar refractivity (Wildman–Crippen MR) is 212 cm³/mol. The molecule has 0 N–H and O–H groups in total. The molecular formula is C48H36N4OPt-2. The summed E-state index contributed by atoms with van der Waals surface area (Å²) < 4.78 is 12.8. The SMILES string of the molecule is CC(C)(C)c1ccnc(-n2c3[c-]c(Oc4[c-]c(-n5[c-][n+](-c6ccccc6-c6ccccc6)cc5)cc(-c5ccccc5)c4)ccc3c3ccccc32)c1.[Pt]. The first-order valence-electron chi connectivity index (χ1n) is 17.8. The summed E-state index contributed by atoms with van der Waals surface area (Å²) in [5.41, 5.74) is 9.36. The van der Waals surface area contributed by atoms with Crippen LogP contribution in [0.4, 0.5) is 0 Å². The van der Waals surface area contributed by atoms with E-state index in [4.69, 9.17) is 9.72 Å². The van der Waals surface area contributed by atoms with Gasteiger partial charge in [-0.3, -0.25) is 4.57 Å². The second-order valence-corrected chi connectivity index (χ2v) is 14.2. The quantitative estimate of drug-likeness (QED) is 0.118. The van der Waals surface area contributed by atoms with Gasteiger partial charge in [0.1, 0.15) is 5.82 Å². The predicted octanol–water partition coefficient (Wildman–Crippen LogP) is 11.1. The van der Waals surface area contributed by atoms with Crippen molar-refractivity contribution >= 4 is 21.8 Å². The molecule has 0 spiro atoms. The Balaban J connectivity index is 0.00000413. The van der Waals surface area contributed by atoms with E-state index in [-0.39, 0.29) is 26.5 Å². The zero-order chi connectivity index (χ0) is 35.9. The summed E-state index contributed by atoms with van der Waals surface area (Å²) in [6.07, 6.45) is 9.45. The maximum atomic E-state index is 6.67. The number of para-hydroxylation sites is 2. The van der Waals surface area contributed by atoms with Gasteiger partial charge in [0.25, 0.3) is 6.33 Å². The van der Waals surface area contributed by atoms with E-state index >= 15 is 0 Å². The Morgan fingerprint density at radius 2 is 1.37 bits per heavy atom. The molecule has 266 valence electrons. The molecular weight excluding hydrogens is 844 g/mol. The fourth-order valence-electron chi connectivity index (χ4n) is 6.94. The van der Waals surface area contributed by atoms with Gasteiger partial charge in [-0.1, -0.05) is 123 Å². The number of pyridine rings is 1. The van der Waals surface area contributed by atoms with E-state index < -0.39 is 0 Å². The molecule has 0 aliphatic rings. The van der Waals surface area contributed by atoms with Gasteiger partial charge in [-0.15, -0.1) is 35.2 Å². The minimum absolute atomic E-state index is 0. The van der Waals surface area contributed by atoms with Crippen LogP contribution in [0, 0.1) is 18.5 Å². The van der Waals surface area contributed by atoms with Crippen molar-refractivity contribution in [3.63, 3.8) is 0 Å². The molecule has 3 heterocycles. The normalized spacial score (nSPS) is 11.5. The Morgan fingerprint density at radius 3 is 2.17 bits per heavy atom. The maximum absolute atomic E-state index is 6.67. The van der Waals surface area contributed by atoms with E-state index in [2.05, 4.69) is 153 Å². The second kappa shape index (κ2) is 14.4. The van der Waals surface area contributed by atoms with Crippen molar-refractivity contribution in [3.05, 3.63) is 188 Å². The van der Waals surface area contributed by atoms with Gasteiger partial charge in [0, 0.05) is 56.7 Å². The fraction of sp³-hybridized carbons (Fsp3) is 0.0833. The molecule has 5 nitrogen and oxygen atoms in total. The Kier molecular flexibility index (Phi) is 9.35. The third-order valence-corrected chi connectivity index (χ3v) is 9.64. The Labute approximate surface area is 330 Å². The smallest absolute Gasteiger partial charge is 0.267 e. The zero-order valence-corrected chi connectivity index (χ0v) is 32.4. The topological polar surface area (TPSA) is 35.9 Å². The Bertz CT molecular complexity index is 2740. The van der Waals surface area contributed by atoms with Gasteiger partial charge >= 0.3 is 0 Å². The van der Waals surface area contributed by atoms with Gasteiger partial charge in [-0.25, -0.2) is 4.98 Å². The molecule has 0 radical (unpaired) electrons. The van der Waals surface area contributed by atoms with Gasteiger partial charge in [-0.2, -0.15) is 12.1 Å². The Hall–Kier alpha value is -6.03. The first-order chi connectivity index (χ1) is 25.9. The summed E-state index contributed by atoms with van der Waals surface area (Å²) in [6, 6.07) is 57.2. The van der Waals surface area contributed by atoms with Crippen molar-refractivity contribution in [3.8, 4) is 50.9 Å². The number of hydrogen-bond donors (Lipinski definition) is 0.